The molecule has 3 N–H and O–H groups in total. The van der Waals surface area contributed by atoms with E-state index in [2.05, 4.69) is 31.3 Å². The normalized spacial score (nSPS) is 13.5. The van der Waals surface area contributed by atoms with Crippen molar-refractivity contribution in [2.24, 2.45) is 0 Å². The molecule has 0 heterocycles. The average molecular weight is 644 g/mol. The van der Waals surface area contributed by atoms with Crippen LogP contribution in [0.1, 0.15) is 200 Å². The van der Waals surface area contributed by atoms with Crippen LogP contribution >= 0.6 is 0 Å². The minimum atomic E-state index is -4.30. The molecular formula is C37H73NO5S. The summed E-state index contributed by atoms with van der Waals surface area (Å²) in [5, 5.41) is 13.3. The molecular weight excluding hydrogens is 570 g/mol. The second kappa shape index (κ2) is 32.0. The standard InChI is InChI=1S/C37H73NO5S/c1-3-5-7-9-11-13-15-17-18-19-20-21-23-25-27-29-31-33-37(40)38-35(34-44(41,42)43)36(39)32-30-28-26-24-22-16-14-12-10-8-6-4-2/h17-18,35-36,39H,3-16,19-34H2,1-2H3,(H,38,40)(H,41,42,43)/b18-17-. The van der Waals surface area contributed by atoms with Crippen molar-refractivity contribution in [1.29, 1.82) is 0 Å². The molecule has 0 saturated heterocycles. The molecule has 44 heavy (non-hydrogen) atoms. The quantitative estimate of drug-likeness (QED) is 0.0368. The maximum Gasteiger partial charge on any atom is 0.266 e. The van der Waals surface area contributed by atoms with Gasteiger partial charge in [0.1, 0.15) is 0 Å². The highest BCUT2D eigenvalue weighted by Gasteiger charge is 2.26. The number of aliphatic hydroxyl groups excluding tert-OH is 1. The molecule has 0 aliphatic heterocycles. The van der Waals surface area contributed by atoms with Gasteiger partial charge in [-0.3, -0.25) is 9.35 Å². The van der Waals surface area contributed by atoms with E-state index in [1.54, 1.807) is 0 Å². The van der Waals surface area contributed by atoms with Gasteiger partial charge in [0, 0.05) is 6.42 Å². The first-order chi connectivity index (χ1) is 21.3. The molecule has 0 spiro atoms. The molecule has 0 saturated carbocycles. The number of nitrogens with one attached hydrogen (secondary N) is 1. The molecule has 0 aliphatic rings. The fourth-order valence-corrected chi connectivity index (χ4v) is 6.62. The number of hydrogen-bond acceptors (Lipinski definition) is 4. The highest BCUT2D eigenvalue weighted by molar-refractivity contribution is 7.85. The van der Waals surface area contributed by atoms with E-state index in [9.17, 15) is 22.9 Å². The van der Waals surface area contributed by atoms with E-state index in [0.717, 1.165) is 38.5 Å². The number of carbonyl (C=O) groups excluding carboxylic acids is 1. The van der Waals surface area contributed by atoms with Crippen LogP contribution in [0.2, 0.25) is 0 Å². The molecule has 0 bridgehead atoms. The zero-order valence-electron chi connectivity index (χ0n) is 29.1. The van der Waals surface area contributed by atoms with Gasteiger partial charge in [-0.2, -0.15) is 8.42 Å². The number of carbonyl (C=O) groups is 1. The molecule has 7 heteroatoms. The van der Waals surface area contributed by atoms with Crippen molar-refractivity contribution in [1.82, 2.24) is 5.32 Å². The molecule has 0 aromatic carbocycles. The number of amides is 1. The Balaban J connectivity index is 3.89. The van der Waals surface area contributed by atoms with Gasteiger partial charge in [-0.1, -0.05) is 167 Å². The van der Waals surface area contributed by atoms with Crippen molar-refractivity contribution in [3.05, 3.63) is 12.2 Å². The van der Waals surface area contributed by atoms with E-state index in [0.29, 0.717) is 12.8 Å². The number of unbranched alkanes of at least 4 members (excludes halogenated alkanes) is 24. The Labute approximate surface area is 273 Å². The van der Waals surface area contributed by atoms with Crippen LogP contribution in [-0.4, -0.2) is 41.9 Å². The number of rotatable bonds is 34. The van der Waals surface area contributed by atoms with Crippen LogP contribution in [0.4, 0.5) is 0 Å². The summed E-state index contributed by atoms with van der Waals surface area (Å²) in [6, 6.07) is -0.968. The van der Waals surface area contributed by atoms with Crippen molar-refractivity contribution in [3.8, 4) is 0 Å². The average Bonchev–Trinajstić information content (AvgIpc) is 2.98. The van der Waals surface area contributed by atoms with E-state index in [-0.39, 0.29) is 5.91 Å². The third-order valence-electron chi connectivity index (χ3n) is 8.72. The van der Waals surface area contributed by atoms with E-state index in [1.807, 2.05) is 0 Å². The minimum Gasteiger partial charge on any atom is -0.391 e. The Hall–Kier alpha value is -0.920. The van der Waals surface area contributed by atoms with Gasteiger partial charge in [0.25, 0.3) is 10.1 Å². The van der Waals surface area contributed by atoms with Gasteiger partial charge in [0.05, 0.1) is 17.9 Å². The molecule has 0 aliphatic carbocycles. The van der Waals surface area contributed by atoms with E-state index in [1.165, 1.54) is 135 Å². The lowest BCUT2D eigenvalue weighted by Gasteiger charge is -2.23. The monoisotopic (exact) mass is 644 g/mol. The zero-order valence-corrected chi connectivity index (χ0v) is 29.9. The maximum absolute atomic E-state index is 12.5. The van der Waals surface area contributed by atoms with E-state index >= 15 is 0 Å². The summed E-state index contributed by atoms with van der Waals surface area (Å²) < 4.78 is 32.4. The molecule has 0 rings (SSSR count). The summed E-state index contributed by atoms with van der Waals surface area (Å²) in [5.74, 6) is -0.896. The predicted octanol–water partition coefficient (Wildman–Crippen LogP) is 10.6. The lowest BCUT2D eigenvalue weighted by atomic mass is 10.0. The number of aliphatic hydroxyl groups is 1. The third kappa shape index (κ3) is 32.5. The first-order valence-electron chi connectivity index (χ1n) is 18.9. The van der Waals surface area contributed by atoms with Crippen LogP contribution in [0.15, 0.2) is 12.2 Å². The van der Waals surface area contributed by atoms with Crippen LogP contribution in [0, 0.1) is 0 Å². The lowest BCUT2D eigenvalue weighted by Crippen LogP contribution is -2.47. The van der Waals surface area contributed by atoms with Gasteiger partial charge < -0.3 is 10.4 Å². The smallest absolute Gasteiger partial charge is 0.266 e. The first kappa shape index (κ1) is 43.1. The van der Waals surface area contributed by atoms with Crippen molar-refractivity contribution >= 4 is 16.0 Å². The van der Waals surface area contributed by atoms with Crippen LogP contribution < -0.4 is 5.32 Å². The van der Waals surface area contributed by atoms with Crippen LogP contribution in [0.5, 0.6) is 0 Å². The van der Waals surface area contributed by atoms with Gasteiger partial charge in [-0.15, -0.1) is 0 Å². The van der Waals surface area contributed by atoms with Crippen molar-refractivity contribution < 1.29 is 22.9 Å². The Morgan fingerprint density at radius 2 is 0.955 bits per heavy atom. The second-order valence-corrected chi connectivity index (χ2v) is 14.7. The summed E-state index contributed by atoms with van der Waals surface area (Å²) >= 11 is 0. The molecule has 2 unspecified atom stereocenters. The van der Waals surface area contributed by atoms with Crippen LogP contribution in [0.25, 0.3) is 0 Å². The minimum absolute atomic E-state index is 0.250. The van der Waals surface area contributed by atoms with Gasteiger partial charge in [0.15, 0.2) is 0 Å². The molecule has 0 radical (unpaired) electrons. The van der Waals surface area contributed by atoms with Crippen molar-refractivity contribution in [2.45, 2.75) is 212 Å². The molecule has 1 amide bonds. The second-order valence-electron chi connectivity index (χ2n) is 13.2. The van der Waals surface area contributed by atoms with E-state index in [4.69, 9.17) is 0 Å². The van der Waals surface area contributed by atoms with E-state index < -0.39 is 28.0 Å². The zero-order chi connectivity index (χ0) is 32.6. The molecule has 262 valence electrons. The third-order valence-corrected chi connectivity index (χ3v) is 9.50. The maximum atomic E-state index is 12.5. The molecule has 2 atom stereocenters. The lowest BCUT2D eigenvalue weighted by molar-refractivity contribution is -0.122. The Morgan fingerprint density at radius 1 is 0.591 bits per heavy atom. The van der Waals surface area contributed by atoms with Crippen LogP contribution in [-0.2, 0) is 14.9 Å². The molecule has 0 aromatic rings. The van der Waals surface area contributed by atoms with Crippen molar-refractivity contribution in [2.75, 3.05) is 5.75 Å². The van der Waals surface area contributed by atoms with Crippen molar-refractivity contribution in [3.63, 3.8) is 0 Å². The number of hydrogen-bond donors (Lipinski definition) is 3. The Morgan fingerprint density at radius 3 is 1.36 bits per heavy atom. The largest absolute Gasteiger partial charge is 0.391 e. The topological polar surface area (TPSA) is 104 Å². The Bertz CT molecular complexity index is 755. The highest BCUT2D eigenvalue weighted by Crippen LogP contribution is 2.15. The number of allylic oxidation sites excluding steroid dienone is 2. The molecule has 0 aromatic heterocycles. The van der Waals surface area contributed by atoms with Crippen LogP contribution in [0.3, 0.4) is 0 Å². The van der Waals surface area contributed by atoms with Gasteiger partial charge in [0.2, 0.25) is 5.91 Å². The van der Waals surface area contributed by atoms with Gasteiger partial charge in [-0.05, 0) is 38.5 Å². The first-order valence-corrected chi connectivity index (χ1v) is 20.5. The highest BCUT2D eigenvalue weighted by atomic mass is 32.2. The van der Waals surface area contributed by atoms with Gasteiger partial charge in [-0.25, -0.2) is 0 Å². The van der Waals surface area contributed by atoms with Gasteiger partial charge >= 0.3 is 0 Å². The Kier molecular flexibility index (Phi) is 31.4. The summed E-state index contributed by atoms with van der Waals surface area (Å²) in [5.41, 5.74) is 0. The molecule has 0 fully saturated rings. The predicted molar refractivity (Wildman–Crippen MR) is 189 cm³/mol. The summed E-state index contributed by atoms with van der Waals surface area (Å²) in [6.07, 6.45) is 37.2. The summed E-state index contributed by atoms with van der Waals surface area (Å²) in [6.45, 7) is 4.50. The molecule has 6 nitrogen and oxygen atoms in total. The summed E-state index contributed by atoms with van der Waals surface area (Å²) in [4.78, 5) is 12.5. The fourth-order valence-electron chi connectivity index (χ4n) is 5.86. The fraction of sp³-hybridized carbons (Fsp3) is 0.919. The SMILES string of the molecule is CCCCCCCC/C=C\CCCCCCCCCC(=O)NC(CS(=O)(=O)O)C(O)CCCCCCCCCCCCCC. The summed E-state index contributed by atoms with van der Waals surface area (Å²) in [7, 11) is -4.30.